The lowest BCUT2D eigenvalue weighted by molar-refractivity contribution is -0.144. The van der Waals surface area contributed by atoms with Gasteiger partial charge in [0, 0.05) is 61.0 Å². The van der Waals surface area contributed by atoms with Crippen LogP contribution in [0.2, 0.25) is 0 Å². The molecule has 0 spiro atoms. The molecule has 1 aromatic heterocycles. The number of hydrogen-bond acceptors (Lipinski definition) is 5. The number of ketones is 1. The number of rotatable bonds is 5. The Bertz CT molecular complexity index is 1270. The second-order valence-corrected chi connectivity index (χ2v) is 10.2. The van der Waals surface area contributed by atoms with Gasteiger partial charge in [0.1, 0.15) is 0 Å². The molecule has 6 rings (SSSR count). The minimum absolute atomic E-state index is 0.0266. The Morgan fingerprint density at radius 2 is 1.91 bits per heavy atom. The number of fused-ring (bicyclic) bond motifs is 2. The monoisotopic (exact) mass is 472 g/mol. The molecular formula is C28H32N4O3. The number of nitrogens with zero attached hydrogens (tertiary/aromatic N) is 2. The molecule has 4 heterocycles. The van der Waals surface area contributed by atoms with E-state index in [0.29, 0.717) is 19.6 Å². The second kappa shape index (κ2) is 8.50. The number of para-hydroxylation sites is 1. The zero-order valence-corrected chi connectivity index (χ0v) is 20.3. The molecule has 7 nitrogen and oxygen atoms in total. The number of hydrogen-bond donors (Lipinski definition) is 2. The van der Waals surface area contributed by atoms with Crippen LogP contribution in [0.15, 0.2) is 48.7 Å². The summed E-state index contributed by atoms with van der Waals surface area (Å²) in [5, 5.41) is 4.64. The van der Waals surface area contributed by atoms with Gasteiger partial charge in [-0.2, -0.15) is 0 Å². The van der Waals surface area contributed by atoms with E-state index in [2.05, 4.69) is 47.2 Å². The molecule has 3 aromatic rings. The van der Waals surface area contributed by atoms with Crippen LogP contribution < -0.4 is 5.32 Å². The fraction of sp³-hybridized carbons (Fsp3) is 0.429. The first-order valence-corrected chi connectivity index (χ1v) is 12.6. The van der Waals surface area contributed by atoms with Crippen molar-refractivity contribution in [3.8, 4) is 0 Å². The first-order chi connectivity index (χ1) is 17.0. The van der Waals surface area contributed by atoms with E-state index in [4.69, 9.17) is 4.74 Å². The number of carbonyl (C=O) groups is 2. The third-order valence-electron chi connectivity index (χ3n) is 7.77. The van der Waals surface area contributed by atoms with E-state index in [-0.39, 0.29) is 24.2 Å². The number of aromatic amines is 1. The topological polar surface area (TPSA) is 77.7 Å². The maximum absolute atomic E-state index is 14.1. The molecule has 0 radical (unpaired) electrons. The lowest BCUT2D eigenvalue weighted by atomic mass is 9.93. The van der Waals surface area contributed by atoms with E-state index < -0.39 is 11.7 Å². The highest BCUT2D eigenvalue weighted by molar-refractivity contribution is 6.03. The maximum Gasteiger partial charge on any atom is 0.240 e. The molecule has 3 saturated heterocycles. The zero-order chi connectivity index (χ0) is 24.2. The molecule has 0 aliphatic carbocycles. The lowest BCUT2D eigenvalue weighted by Gasteiger charge is -2.45. The first-order valence-electron chi connectivity index (χ1n) is 12.6. The highest BCUT2D eigenvalue weighted by atomic mass is 16.5. The van der Waals surface area contributed by atoms with E-state index >= 15 is 0 Å². The average Bonchev–Trinajstić information content (AvgIpc) is 3.55. The average molecular weight is 473 g/mol. The van der Waals surface area contributed by atoms with Gasteiger partial charge in [-0.25, -0.2) is 0 Å². The summed E-state index contributed by atoms with van der Waals surface area (Å²) in [6.45, 7) is 6.70. The van der Waals surface area contributed by atoms with Crippen LogP contribution in [-0.4, -0.2) is 64.9 Å². The number of amides is 1. The molecule has 2 aromatic carbocycles. The van der Waals surface area contributed by atoms with Gasteiger partial charge in [0.15, 0.2) is 11.4 Å². The van der Waals surface area contributed by atoms with Crippen molar-refractivity contribution < 1.29 is 14.3 Å². The fourth-order valence-corrected chi connectivity index (χ4v) is 6.28. The number of anilines is 1. The van der Waals surface area contributed by atoms with Crippen LogP contribution in [0.3, 0.4) is 0 Å². The molecule has 7 heteroatoms. The summed E-state index contributed by atoms with van der Waals surface area (Å²) >= 11 is 0. The maximum atomic E-state index is 14.1. The van der Waals surface area contributed by atoms with Gasteiger partial charge in [0.25, 0.3) is 0 Å². The summed E-state index contributed by atoms with van der Waals surface area (Å²) < 4.78 is 5.80. The molecule has 3 aliphatic rings. The molecule has 3 atom stereocenters. The quantitative estimate of drug-likeness (QED) is 0.592. The number of H-pyrrole nitrogens is 1. The summed E-state index contributed by atoms with van der Waals surface area (Å²) in [4.78, 5) is 35.1. The molecule has 0 bridgehead atoms. The predicted octanol–water partition coefficient (Wildman–Crippen LogP) is 3.71. The number of nitrogens with one attached hydrogen (secondary N) is 2. The van der Waals surface area contributed by atoms with Gasteiger partial charge in [-0.3, -0.25) is 14.5 Å². The summed E-state index contributed by atoms with van der Waals surface area (Å²) in [6.07, 6.45) is 4.27. The standard InChI is InChI=1S/C28H32N4O3/c1-18-12-19(2)14-20(13-18)30-28(23-16-29-24-8-4-3-7-22(23)24)26(33)15-25-27(34)31(9-10-32(25)28)17-21-6-5-11-35-21/h3-4,7-8,12-14,16,21,25,29-30H,5-6,9-11,15,17H2,1-2H3/t21?,25-,28-/m0/s1. The van der Waals surface area contributed by atoms with E-state index in [1.807, 2.05) is 35.4 Å². The van der Waals surface area contributed by atoms with Crippen molar-refractivity contribution in [2.45, 2.75) is 50.9 Å². The van der Waals surface area contributed by atoms with Crippen LogP contribution in [0, 0.1) is 13.8 Å². The highest BCUT2D eigenvalue weighted by Gasteiger charge is 2.59. The van der Waals surface area contributed by atoms with Gasteiger partial charge in [0.05, 0.1) is 12.1 Å². The molecule has 1 amide bonds. The summed E-state index contributed by atoms with van der Waals surface area (Å²) in [7, 11) is 0. The smallest absolute Gasteiger partial charge is 0.240 e. The van der Waals surface area contributed by atoms with E-state index in [0.717, 1.165) is 52.7 Å². The molecule has 0 saturated carbocycles. The van der Waals surface area contributed by atoms with Crippen molar-refractivity contribution in [2.75, 3.05) is 31.6 Å². The van der Waals surface area contributed by atoms with Gasteiger partial charge < -0.3 is 19.9 Å². The number of aryl methyl sites for hydroxylation is 2. The van der Waals surface area contributed by atoms with Crippen molar-refractivity contribution in [2.24, 2.45) is 0 Å². The molecule has 35 heavy (non-hydrogen) atoms. The number of aromatic nitrogens is 1. The third-order valence-corrected chi connectivity index (χ3v) is 7.77. The zero-order valence-electron chi connectivity index (χ0n) is 20.3. The summed E-state index contributed by atoms with van der Waals surface area (Å²) in [5.41, 5.74) is 3.87. The van der Waals surface area contributed by atoms with E-state index in [1.165, 1.54) is 0 Å². The van der Waals surface area contributed by atoms with Crippen molar-refractivity contribution in [1.82, 2.24) is 14.8 Å². The minimum Gasteiger partial charge on any atom is -0.376 e. The Hall–Kier alpha value is -3.16. The molecular weight excluding hydrogens is 440 g/mol. The number of benzene rings is 2. The van der Waals surface area contributed by atoms with E-state index in [9.17, 15) is 9.59 Å². The van der Waals surface area contributed by atoms with Crippen molar-refractivity contribution >= 4 is 28.3 Å². The lowest BCUT2D eigenvalue weighted by Crippen LogP contribution is -2.62. The van der Waals surface area contributed by atoms with Crippen LogP contribution in [0.1, 0.15) is 36.0 Å². The number of ether oxygens (including phenoxy) is 1. The van der Waals surface area contributed by atoms with Crippen LogP contribution in [0.4, 0.5) is 5.69 Å². The second-order valence-electron chi connectivity index (χ2n) is 10.2. The van der Waals surface area contributed by atoms with Crippen molar-refractivity contribution in [1.29, 1.82) is 0 Å². The van der Waals surface area contributed by atoms with Gasteiger partial charge >= 0.3 is 0 Å². The summed E-state index contributed by atoms with van der Waals surface area (Å²) in [6, 6.07) is 13.8. The van der Waals surface area contributed by atoms with Crippen LogP contribution in [-0.2, 0) is 20.0 Å². The summed E-state index contributed by atoms with van der Waals surface area (Å²) in [5.74, 6) is 0.0581. The number of piperazine rings is 1. The number of carbonyl (C=O) groups excluding carboxylic acids is 2. The van der Waals surface area contributed by atoms with Crippen LogP contribution >= 0.6 is 0 Å². The molecule has 3 aliphatic heterocycles. The number of Topliss-reactive ketones (excluding diaryl/α,β-unsaturated/α-hetero) is 1. The largest absolute Gasteiger partial charge is 0.376 e. The van der Waals surface area contributed by atoms with Crippen molar-refractivity contribution in [3.05, 3.63) is 65.4 Å². The van der Waals surface area contributed by atoms with Crippen molar-refractivity contribution in [3.63, 3.8) is 0 Å². The predicted molar refractivity (Wildman–Crippen MR) is 135 cm³/mol. The molecule has 3 fully saturated rings. The van der Waals surface area contributed by atoms with Gasteiger partial charge in [-0.1, -0.05) is 24.3 Å². The molecule has 182 valence electrons. The van der Waals surface area contributed by atoms with Gasteiger partial charge in [-0.05, 0) is 56.0 Å². The highest BCUT2D eigenvalue weighted by Crippen LogP contribution is 2.44. The SMILES string of the molecule is Cc1cc(C)cc(N[C@]2(c3c[nH]c4ccccc34)C(=O)C[C@H]3C(=O)N(CC4CCCO4)CCN32)c1. The normalized spacial score (nSPS) is 27.1. The van der Waals surface area contributed by atoms with Gasteiger partial charge in [-0.15, -0.1) is 0 Å². The van der Waals surface area contributed by atoms with E-state index in [1.54, 1.807) is 0 Å². The first kappa shape index (κ1) is 22.3. The minimum atomic E-state index is -1.11. The Kier molecular flexibility index (Phi) is 5.42. The Labute approximate surface area is 205 Å². The Morgan fingerprint density at radius 1 is 1.11 bits per heavy atom. The van der Waals surface area contributed by atoms with Crippen LogP contribution in [0.25, 0.3) is 10.9 Å². The Balaban J connectivity index is 1.42. The van der Waals surface area contributed by atoms with Crippen LogP contribution in [0.5, 0.6) is 0 Å². The molecule has 2 N–H and O–H groups in total. The van der Waals surface area contributed by atoms with Gasteiger partial charge in [0.2, 0.25) is 5.91 Å². The molecule has 1 unspecified atom stereocenters. The fourth-order valence-electron chi connectivity index (χ4n) is 6.28. The Morgan fingerprint density at radius 3 is 2.69 bits per heavy atom. The third kappa shape index (κ3) is 3.65.